The van der Waals surface area contributed by atoms with E-state index in [2.05, 4.69) is 10.6 Å². The second-order valence-corrected chi connectivity index (χ2v) is 11.8. The number of nitrogens with one attached hydrogen (secondary N) is 2. The van der Waals surface area contributed by atoms with E-state index in [9.17, 15) is 4.79 Å². The summed E-state index contributed by atoms with van der Waals surface area (Å²) >= 11 is 17.0. The van der Waals surface area contributed by atoms with E-state index in [0.29, 0.717) is 25.6 Å². The molecule has 0 saturated heterocycles. The Morgan fingerprint density at radius 2 is 1.92 bits per heavy atom. The maximum absolute atomic E-state index is 10.9. The molecule has 2 amide bonds. The summed E-state index contributed by atoms with van der Waals surface area (Å²) in [4.78, 5) is 10.9. The van der Waals surface area contributed by atoms with E-state index in [0.717, 1.165) is 0 Å². The molecule has 0 unspecified atom stereocenters. The van der Waals surface area contributed by atoms with E-state index in [4.69, 9.17) is 33.2 Å². The van der Waals surface area contributed by atoms with E-state index in [1.54, 1.807) is 0 Å². The SMILES string of the molecule is CCNC(=O)NCCC[Si](Cl)(Cl)Cl. The summed E-state index contributed by atoms with van der Waals surface area (Å²) in [5, 5.41) is 5.26. The lowest BCUT2D eigenvalue weighted by Gasteiger charge is -2.08. The van der Waals surface area contributed by atoms with Crippen molar-refractivity contribution in [3.63, 3.8) is 0 Å². The summed E-state index contributed by atoms with van der Waals surface area (Å²) in [7, 11) is 0. The first-order chi connectivity index (χ1) is 5.95. The summed E-state index contributed by atoms with van der Waals surface area (Å²) in [6, 6.07) is -2.10. The highest BCUT2D eigenvalue weighted by molar-refractivity contribution is 7.64. The molecule has 7 heteroatoms. The lowest BCUT2D eigenvalue weighted by Crippen LogP contribution is -2.36. The number of halogens is 3. The van der Waals surface area contributed by atoms with Gasteiger partial charge >= 0.3 is 12.0 Å². The van der Waals surface area contributed by atoms with Crippen LogP contribution < -0.4 is 10.6 Å². The Hall–Kier alpha value is 0.357. The lowest BCUT2D eigenvalue weighted by molar-refractivity contribution is 0.241. The van der Waals surface area contributed by atoms with Crippen molar-refractivity contribution in [3.05, 3.63) is 0 Å². The molecule has 0 aliphatic heterocycles. The molecule has 0 aromatic rings. The summed E-state index contributed by atoms with van der Waals surface area (Å²) in [5.41, 5.74) is 0. The molecule has 0 aromatic heterocycles. The minimum absolute atomic E-state index is 0.173. The Bertz CT molecular complexity index is 162. The Kier molecular flexibility index (Phi) is 6.94. The smallest absolute Gasteiger partial charge is 0.338 e. The second kappa shape index (κ2) is 6.76. The fraction of sp³-hybridized carbons (Fsp3) is 0.833. The van der Waals surface area contributed by atoms with Crippen molar-refractivity contribution in [1.82, 2.24) is 10.6 Å². The van der Waals surface area contributed by atoms with Gasteiger partial charge in [0.05, 0.1) is 0 Å². The third-order valence-corrected chi connectivity index (χ3v) is 3.88. The van der Waals surface area contributed by atoms with Gasteiger partial charge in [0, 0.05) is 13.1 Å². The molecule has 0 rings (SSSR count). The number of carbonyl (C=O) groups excluding carboxylic acids is 1. The molecule has 0 atom stereocenters. The highest BCUT2D eigenvalue weighted by Crippen LogP contribution is 2.25. The Labute approximate surface area is 93.2 Å². The zero-order valence-corrected chi connectivity index (χ0v) is 10.6. The predicted octanol–water partition coefficient (Wildman–Crippen LogP) is 2.35. The normalized spacial score (nSPS) is 11.1. The Morgan fingerprint density at radius 3 is 2.38 bits per heavy atom. The van der Waals surface area contributed by atoms with E-state index in [-0.39, 0.29) is 6.03 Å². The molecule has 0 aliphatic rings. The van der Waals surface area contributed by atoms with Gasteiger partial charge in [-0.3, -0.25) is 0 Å². The minimum Gasteiger partial charge on any atom is -0.338 e. The monoisotopic (exact) mass is 262 g/mol. The maximum atomic E-state index is 10.9. The van der Waals surface area contributed by atoms with Crippen LogP contribution in [0.2, 0.25) is 6.04 Å². The van der Waals surface area contributed by atoms with Gasteiger partial charge in [-0.05, 0) is 19.4 Å². The topological polar surface area (TPSA) is 41.1 Å². The maximum Gasteiger partial charge on any atom is 0.341 e. The molecule has 78 valence electrons. The van der Waals surface area contributed by atoms with Crippen LogP contribution in [0.25, 0.3) is 0 Å². The third-order valence-electron chi connectivity index (χ3n) is 1.26. The van der Waals surface area contributed by atoms with Crippen molar-refractivity contribution in [1.29, 1.82) is 0 Å². The molecule has 0 spiro atoms. The lowest BCUT2D eigenvalue weighted by atomic mass is 10.5. The minimum atomic E-state index is -2.50. The molecule has 3 nitrogen and oxygen atoms in total. The van der Waals surface area contributed by atoms with Gasteiger partial charge in [-0.2, -0.15) is 0 Å². The average Bonchev–Trinajstić information content (AvgIpc) is 1.97. The van der Waals surface area contributed by atoms with Gasteiger partial charge in [0.2, 0.25) is 0 Å². The molecule has 0 bridgehead atoms. The van der Waals surface area contributed by atoms with E-state index in [1.165, 1.54) is 0 Å². The van der Waals surface area contributed by atoms with Crippen LogP contribution in [0.1, 0.15) is 13.3 Å². The van der Waals surface area contributed by atoms with Crippen LogP contribution >= 0.6 is 33.2 Å². The summed E-state index contributed by atoms with van der Waals surface area (Å²) < 4.78 is 0. The molecule has 0 heterocycles. The number of urea groups is 1. The van der Waals surface area contributed by atoms with Crippen molar-refractivity contribution < 1.29 is 4.79 Å². The molecule has 2 N–H and O–H groups in total. The summed E-state index contributed by atoms with van der Waals surface area (Å²) in [5.74, 6) is 0. The quantitative estimate of drug-likeness (QED) is 0.446. The largest absolute Gasteiger partial charge is 0.341 e. The van der Waals surface area contributed by atoms with E-state index in [1.807, 2.05) is 6.92 Å². The number of amides is 2. The van der Waals surface area contributed by atoms with Crippen LogP contribution in [0.4, 0.5) is 4.79 Å². The number of rotatable bonds is 5. The standard InChI is InChI=1S/C6H13Cl3N2OSi/c1-2-10-6(12)11-4-3-5-13(7,8)9/h2-5H2,1H3,(H2,10,11,12). The molecular weight excluding hydrogens is 251 g/mol. The molecule has 0 fully saturated rings. The second-order valence-electron chi connectivity index (χ2n) is 2.50. The van der Waals surface area contributed by atoms with Crippen molar-refractivity contribution >= 4 is 45.3 Å². The first-order valence-electron chi connectivity index (χ1n) is 4.04. The molecule has 13 heavy (non-hydrogen) atoms. The molecule has 0 aromatic carbocycles. The van der Waals surface area contributed by atoms with E-state index < -0.39 is 6.00 Å². The van der Waals surface area contributed by atoms with Gasteiger partial charge < -0.3 is 10.6 Å². The third kappa shape index (κ3) is 10.3. The summed E-state index contributed by atoms with van der Waals surface area (Å²) in [6.45, 7) is 3.02. The van der Waals surface area contributed by atoms with Gasteiger partial charge in [0.25, 0.3) is 0 Å². The molecule has 0 saturated carbocycles. The van der Waals surface area contributed by atoms with Gasteiger partial charge in [0.15, 0.2) is 0 Å². The van der Waals surface area contributed by atoms with Crippen LogP contribution in [0.15, 0.2) is 0 Å². The Morgan fingerprint density at radius 1 is 1.31 bits per heavy atom. The van der Waals surface area contributed by atoms with Gasteiger partial charge in [-0.15, -0.1) is 33.2 Å². The van der Waals surface area contributed by atoms with Crippen molar-refractivity contribution in [2.75, 3.05) is 13.1 Å². The number of hydrogen-bond donors (Lipinski definition) is 2. The first-order valence-corrected chi connectivity index (χ1v) is 9.28. The van der Waals surface area contributed by atoms with Crippen LogP contribution in [-0.4, -0.2) is 25.1 Å². The zero-order valence-electron chi connectivity index (χ0n) is 7.37. The highest BCUT2D eigenvalue weighted by atomic mass is 35.8. The highest BCUT2D eigenvalue weighted by Gasteiger charge is 2.23. The van der Waals surface area contributed by atoms with Gasteiger partial charge in [0.1, 0.15) is 0 Å². The predicted molar refractivity (Wildman–Crippen MR) is 59.8 cm³/mol. The van der Waals surface area contributed by atoms with Crippen molar-refractivity contribution in [3.8, 4) is 0 Å². The van der Waals surface area contributed by atoms with Gasteiger partial charge in [-0.25, -0.2) is 4.79 Å². The van der Waals surface area contributed by atoms with Crippen LogP contribution in [0.3, 0.4) is 0 Å². The summed E-state index contributed by atoms with van der Waals surface area (Å²) in [6.07, 6.45) is 0.708. The van der Waals surface area contributed by atoms with Crippen LogP contribution in [0.5, 0.6) is 0 Å². The Balaban J connectivity index is 3.31. The van der Waals surface area contributed by atoms with E-state index >= 15 is 0 Å². The van der Waals surface area contributed by atoms with Crippen molar-refractivity contribution in [2.24, 2.45) is 0 Å². The molecule has 0 radical (unpaired) electrons. The molecule has 0 aliphatic carbocycles. The number of hydrogen-bond acceptors (Lipinski definition) is 1. The zero-order chi connectivity index (χ0) is 10.3. The molecular formula is C6H13Cl3N2OSi. The fourth-order valence-electron chi connectivity index (χ4n) is 0.714. The van der Waals surface area contributed by atoms with Crippen molar-refractivity contribution in [2.45, 2.75) is 19.4 Å². The average molecular weight is 264 g/mol. The van der Waals surface area contributed by atoms with Crippen LogP contribution in [-0.2, 0) is 0 Å². The first kappa shape index (κ1) is 13.4. The number of carbonyl (C=O) groups is 1. The fourth-order valence-corrected chi connectivity index (χ4v) is 2.49. The van der Waals surface area contributed by atoms with Gasteiger partial charge in [-0.1, -0.05) is 0 Å². The van der Waals surface area contributed by atoms with Crippen LogP contribution in [0, 0.1) is 0 Å².